The number of anilines is 1. The number of hydrogen-bond donors (Lipinski definition) is 0. The Morgan fingerprint density at radius 1 is 1.41 bits per heavy atom. The molecule has 3 fully saturated rings. The molecular formula is C17H22FN3O. The predicted molar refractivity (Wildman–Crippen MR) is 84.1 cm³/mol. The Morgan fingerprint density at radius 2 is 2.23 bits per heavy atom. The van der Waals surface area contributed by atoms with Crippen molar-refractivity contribution in [2.75, 3.05) is 24.5 Å². The highest BCUT2D eigenvalue weighted by Gasteiger charge is 2.40. The van der Waals surface area contributed by atoms with Crippen molar-refractivity contribution in [3.05, 3.63) is 35.8 Å². The number of rotatable bonds is 3. The average molecular weight is 303 g/mol. The lowest BCUT2D eigenvalue weighted by Crippen LogP contribution is -2.47. The molecule has 3 aliphatic heterocycles. The second kappa shape index (κ2) is 6.07. The number of hydrogen-bond acceptors (Lipinski definition) is 3. The molecule has 3 saturated heterocycles. The molecule has 1 aromatic rings. The van der Waals surface area contributed by atoms with Gasteiger partial charge in [0.05, 0.1) is 5.92 Å². The molecule has 0 radical (unpaired) electrons. The lowest BCUT2D eigenvalue weighted by Gasteiger charge is -2.35. The number of aromatic nitrogens is 1. The van der Waals surface area contributed by atoms with Crippen molar-refractivity contribution in [3.63, 3.8) is 0 Å². The van der Waals surface area contributed by atoms with E-state index in [4.69, 9.17) is 0 Å². The standard InChI is InChI=1S/C17H22FN3O/c1-12(2)7-9-21-14-6-5-13(17(21)22)10-20(11-14)16-15(18)4-3-8-19-16/h3-4,7-8,13-14H,5-6,9-11H2,1-2H3/t13-,14+/m1/s1. The number of fused-ring (bicyclic) bond motifs is 4. The minimum Gasteiger partial charge on any atom is -0.351 e. The third-order valence-electron chi connectivity index (χ3n) is 4.53. The van der Waals surface area contributed by atoms with Crippen LogP contribution in [0.15, 0.2) is 30.0 Å². The summed E-state index contributed by atoms with van der Waals surface area (Å²) in [6.45, 7) is 5.95. The summed E-state index contributed by atoms with van der Waals surface area (Å²) in [5, 5.41) is 0. The zero-order chi connectivity index (χ0) is 15.7. The normalized spacial score (nSPS) is 24.4. The molecule has 0 aliphatic carbocycles. The van der Waals surface area contributed by atoms with E-state index >= 15 is 0 Å². The minimum absolute atomic E-state index is 0.0503. The number of piperidine rings is 1. The minimum atomic E-state index is -0.313. The fourth-order valence-electron chi connectivity index (χ4n) is 3.34. The topological polar surface area (TPSA) is 36.4 Å². The van der Waals surface area contributed by atoms with Crippen LogP contribution in [-0.2, 0) is 4.79 Å². The first-order chi connectivity index (χ1) is 10.6. The van der Waals surface area contributed by atoms with Crippen LogP contribution in [0.1, 0.15) is 26.7 Å². The molecule has 0 aromatic carbocycles. The van der Waals surface area contributed by atoms with Gasteiger partial charge in [0, 0.05) is 31.9 Å². The molecule has 22 heavy (non-hydrogen) atoms. The Kier molecular flexibility index (Phi) is 4.14. The quantitative estimate of drug-likeness (QED) is 0.805. The van der Waals surface area contributed by atoms with Gasteiger partial charge in [0.2, 0.25) is 5.91 Å². The Balaban J connectivity index is 1.85. The van der Waals surface area contributed by atoms with Crippen LogP contribution in [0.5, 0.6) is 0 Å². The van der Waals surface area contributed by atoms with Gasteiger partial charge in [-0.2, -0.15) is 0 Å². The van der Waals surface area contributed by atoms with Gasteiger partial charge in [0.1, 0.15) is 0 Å². The smallest absolute Gasteiger partial charge is 0.228 e. The highest BCUT2D eigenvalue weighted by atomic mass is 19.1. The molecule has 5 heteroatoms. The van der Waals surface area contributed by atoms with E-state index in [0.717, 1.165) is 12.8 Å². The summed E-state index contributed by atoms with van der Waals surface area (Å²) in [5.74, 6) is 0.210. The first-order valence-corrected chi connectivity index (χ1v) is 7.85. The maximum Gasteiger partial charge on any atom is 0.228 e. The van der Waals surface area contributed by atoms with Crippen molar-refractivity contribution >= 4 is 11.7 Å². The second-order valence-corrected chi connectivity index (χ2v) is 6.41. The van der Waals surface area contributed by atoms with Crippen LogP contribution in [-0.4, -0.2) is 41.5 Å². The second-order valence-electron chi connectivity index (χ2n) is 6.41. The summed E-state index contributed by atoms with van der Waals surface area (Å²) in [6.07, 6.45) is 5.57. The largest absolute Gasteiger partial charge is 0.351 e. The van der Waals surface area contributed by atoms with Crippen LogP contribution in [0.3, 0.4) is 0 Å². The third-order valence-corrected chi connectivity index (χ3v) is 4.53. The zero-order valence-electron chi connectivity index (χ0n) is 13.1. The van der Waals surface area contributed by atoms with Crippen molar-refractivity contribution in [1.29, 1.82) is 0 Å². The van der Waals surface area contributed by atoms with E-state index in [1.165, 1.54) is 11.6 Å². The van der Waals surface area contributed by atoms with Crippen LogP contribution in [0.4, 0.5) is 10.2 Å². The number of carbonyl (C=O) groups excluding carboxylic acids is 1. The molecule has 3 aliphatic rings. The fraction of sp³-hybridized carbons (Fsp3) is 0.529. The molecule has 2 bridgehead atoms. The number of carbonyl (C=O) groups is 1. The van der Waals surface area contributed by atoms with Crippen LogP contribution in [0, 0.1) is 11.7 Å². The van der Waals surface area contributed by atoms with Crippen LogP contribution < -0.4 is 4.90 Å². The zero-order valence-corrected chi connectivity index (χ0v) is 13.1. The van der Waals surface area contributed by atoms with Gasteiger partial charge in [-0.3, -0.25) is 4.79 Å². The average Bonchev–Trinajstić information content (AvgIpc) is 2.76. The van der Waals surface area contributed by atoms with Gasteiger partial charge >= 0.3 is 0 Å². The Labute approximate surface area is 130 Å². The molecule has 118 valence electrons. The maximum absolute atomic E-state index is 14.0. The van der Waals surface area contributed by atoms with Crippen molar-refractivity contribution in [1.82, 2.24) is 9.88 Å². The summed E-state index contributed by atoms with van der Waals surface area (Å²) in [5.41, 5.74) is 1.21. The summed E-state index contributed by atoms with van der Waals surface area (Å²) in [6, 6.07) is 3.17. The number of nitrogens with zero attached hydrogens (tertiary/aromatic N) is 3. The molecule has 0 saturated carbocycles. The molecular weight excluding hydrogens is 281 g/mol. The van der Waals surface area contributed by atoms with E-state index in [1.807, 2.05) is 23.6 Å². The Bertz CT molecular complexity index is 597. The van der Waals surface area contributed by atoms with Crippen molar-refractivity contribution in [2.45, 2.75) is 32.7 Å². The monoisotopic (exact) mass is 303 g/mol. The number of amides is 1. The molecule has 0 spiro atoms. The first-order valence-electron chi connectivity index (χ1n) is 7.85. The van der Waals surface area contributed by atoms with Crippen molar-refractivity contribution in [3.8, 4) is 0 Å². The van der Waals surface area contributed by atoms with Gasteiger partial charge in [-0.1, -0.05) is 11.6 Å². The molecule has 1 amide bonds. The highest BCUT2D eigenvalue weighted by molar-refractivity contribution is 5.81. The van der Waals surface area contributed by atoms with Crippen LogP contribution in [0.25, 0.3) is 0 Å². The van der Waals surface area contributed by atoms with E-state index in [0.29, 0.717) is 25.5 Å². The highest BCUT2D eigenvalue weighted by Crippen LogP contribution is 2.31. The summed E-state index contributed by atoms with van der Waals surface area (Å²) < 4.78 is 14.0. The van der Waals surface area contributed by atoms with Crippen molar-refractivity contribution in [2.24, 2.45) is 5.92 Å². The number of halogens is 1. The van der Waals surface area contributed by atoms with E-state index in [1.54, 1.807) is 12.3 Å². The van der Waals surface area contributed by atoms with E-state index < -0.39 is 0 Å². The van der Waals surface area contributed by atoms with Crippen molar-refractivity contribution < 1.29 is 9.18 Å². The third kappa shape index (κ3) is 2.85. The van der Waals surface area contributed by atoms with Gasteiger partial charge in [-0.25, -0.2) is 9.37 Å². The van der Waals surface area contributed by atoms with E-state index in [9.17, 15) is 9.18 Å². The SMILES string of the molecule is CC(C)=CCN1C(=O)[C@@H]2CC[C@H]1CN(c1ncccc1F)C2. The molecule has 2 atom stereocenters. The first kappa shape index (κ1) is 15.0. The van der Waals surface area contributed by atoms with Gasteiger partial charge in [-0.15, -0.1) is 0 Å². The van der Waals surface area contributed by atoms with Crippen LogP contribution in [0.2, 0.25) is 0 Å². The maximum atomic E-state index is 14.0. The van der Waals surface area contributed by atoms with Gasteiger partial charge in [0.15, 0.2) is 11.6 Å². The predicted octanol–water partition coefficient (Wildman–Crippen LogP) is 2.61. The summed E-state index contributed by atoms with van der Waals surface area (Å²) in [4.78, 5) is 20.7. The van der Waals surface area contributed by atoms with Gasteiger partial charge < -0.3 is 9.80 Å². The van der Waals surface area contributed by atoms with Gasteiger partial charge in [-0.05, 0) is 38.8 Å². The molecule has 4 rings (SSSR count). The Hall–Kier alpha value is -1.91. The molecule has 0 unspecified atom stereocenters. The van der Waals surface area contributed by atoms with Gasteiger partial charge in [0.25, 0.3) is 0 Å². The number of allylic oxidation sites excluding steroid dienone is 1. The summed E-state index contributed by atoms with van der Waals surface area (Å²) >= 11 is 0. The molecule has 4 heterocycles. The molecule has 1 aromatic heterocycles. The molecule has 0 N–H and O–H groups in total. The Morgan fingerprint density at radius 3 is 2.95 bits per heavy atom. The molecule has 4 nitrogen and oxygen atoms in total. The van der Waals surface area contributed by atoms with E-state index in [2.05, 4.69) is 11.1 Å². The van der Waals surface area contributed by atoms with Crippen LogP contribution >= 0.6 is 0 Å². The lowest BCUT2D eigenvalue weighted by atomic mass is 9.94. The van der Waals surface area contributed by atoms with E-state index in [-0.39, 0.29) is 23.7 Å². The lowest BCUT2D eigenvalue weighted by molar-refractivity contribution is -0.139. The number of pyridine rings is 1. The fourth-order valence-corrected chi connectivity index (χ4v) is 3.34. The summed E-state index contributed by atoms with van der Waals surface area (Å²) in [7, 11) is 0.